The van der Waals surface area contributed by atoms with E-state index in [1.54, 1.807) is 0 Å². The van der Waals surface area contributed by atoms with E-state index in [-0.39, 0.29) is 4.87 Å². The summed E-state index contributed by atoms with van der Waals surface area (Å²) >= 11 is 7.89. The van der Waals surface area contributed by atoms with Gasteiger partial charge in [-0.05, 0) is 31.0 Å². The minimum atomic E-state index is 0.188. The average Bonchev–Trinajstić information content (AvgIpc) is 2.50. The van der Waals surface area contributed by atoms with Crippen LogP contribution in [0.25, 0.3) is 0 Å². The van der Waals surface area contributed by atoms with Gasteiger partial charge in [0.2, 0.25) is 0 Å². The van der Waals surface area contributed by atoms with Gasteiger partial charge in [0.15, 0.2) is 0 Å². The van der Waals surface area contributed by atoms with Crippen LogP contribution in [0.4, 0.5) is 0 Å². The van der Waals surface area contributed by atoms with Gasteiger partial charge in [0.05, 0.1) is 4.87 Å². The molecule has 1 fully saturated rings. The lowest BCUT2D eigenvalue weighted by Crippen LogP contribution is -2.35. The van der Waals surface area contributed by atoms with Gasteiger partial charge in [-0.15, -0.1) is 11.8 Å². The maximum Gasteiger partial charge on any atom is 0.0660 e. The molecule has 1 aliphatic heterocycles. The Hall–Kier alpha value is -0.180. The lowest BCUT2D eigenvalue weighted by Gasteiger charge is -2.23. The third-order valence-electron chi connectivity index (χ3n) is 2.68. The number of thioether (sulfide) groups is 1. The molecule has 1 saturated heterocycles. The molecule has 2 atom stereocenters. The van der Waals surface area contributed by atoms with Gasteiger partial charge in [-0.25, -0.2) is 0 Å². The van der Waals surface area contributed by atoms with Gasteiger partial charge in [0.1, 0.15) is 0 Å². The molecule has 2 rings (SSSR count). The van der Waals surface area contributed by atoms with Crippen molar-refractivity contribution in [1.82, 2.24) is 5.32 Å². The summed E-state index contributed by atoms with van der Waals surface area (Å²) in [6, 6.07) is 8.14. The average molecular weight is 242 g/mol. The third kappa shape index (κ3) is 2.90. The van der Waals surface area contributed by atoms with Crippen LogP contribution in [0.15, 0.2) is 24.3 Å². The van der Waals surface area contributed by atoms with Crippen molar-refractivity contribution in [3.8, 4) is 0 Å². The van der Waals surface area contributed by atoms with Gasteiger partial charge in [0.25, 0.3) is 0 Å². The highest BCUT2D eigenvalue weighted by molar-refractivity contribution is 8.01. The van der Waals surface area contributed by atoms with Crippen molar-refractivity contribution in [3.05, 3.63) is 34.9 Å². The second-order valence-electron chi connectivity index (χ2n) is 4.34. The molecule has 1 aromatic rings. The number of hydrogen-bond donors (Lipinski definition) is 1. The minimum absolute atomic E-state index is 0.188. The van der Waals surface area contributed by atoms with E-state index in [9.17, 15) is 0 Å². The standard InChI is InChI=1S/C12H16ClNS/c1-9-8-14-12(2,15-9)7-10-3-5-11(13)6-4-10/h3-6,9,14H,7-8H2,1-2H3. The first-order valence-electron chi connectivity index (χ1n) is 5.25. The Morgan fingerprint density at radius 2 is 2.13 bits per heavy atom. The molecule has 0 radical (unpaired) electrons. The van der Waals surface area contributed by atoms with E-state index in [0.717, 1.165) is 18.0 Å². The fourth-order valence-electron chi connectivity index (χ4n) is 1.98. The maximum absolute atomic E-state index is 5.87. The Balaban J connectivity index is 2.05. The van der Waals surface area contributed by atoms with Crippen molar-refractivity contribution in [1.29, 1.82) is 0 Å². The number of rotatable bonds is 2. The summed E-state index contributed by atoms with van der Waals surface area (Å²) in [4.78, 5) is 0.188. The van der Waals surface area contributed by atoms with E-state index >= 15 is 0 Å². The van der Waals surface area contributed by atoms with E-state index in [4.69, 9.17) is 11.6 Å². The Morgan fingerprint density at radius 1 is 1.47 bits per heavy atom. The Kier molecular flexibility index (Phi) is 3.29. The highest BCUT2D eigenvalue weighted by Crippen LogP contribution is 2.35. The molecule has 0 aliphatic carbocycles. The molecule has 1 nitrogen and oxygen atoms in total. The molecule has 1 aromatic carbocycles. The predicted molar refractivity (Wildman–Crippen MR) is 68.6 cm³/mol. The number of benzene rings is 1. The molecule has 1 heterocycles. The molecule has 0 amide bonds. The van der Waals surface area contributed by atoms with E-state index in [0.29, 0.717) is 5.25 Å². The fraction of sp³-hybridized carbons (Fsp3) is 0.500. The zero-order chi connectivity index (χ0) is 10.9. The van der Waals surface area contributed by atoms with Gasteiger partial charge in [-0.2, -0.15) is 0 Å². The molecule has 0 bridgehead atoms. The summed E-state index contributed by atoms with van der Waals surface area (Å²) in [7, 11) is 0. The molecule has 0 aromatic heterocycles. The van der Waals surface area contributed by atoms with Crippen LogP contribution in [0, 0.1) is 0 Å². The van der Waals surface area contributed by atoms with Crippen LogP contribution >= 0.6 is 23.4 Å². The molecule has 1 aliphatic rings. The van der Waals surface area contributed by atoms with Gasteiger partial charge in [0, 0.05) is 16.8 Å². The van der Waals surface area contributed by atoms with Crippen LogP contribution in [-0.4, -0.2) is 16.7 Å². The molecule has 0 spiro atoms. The van der Waals surface area contributed by atoms with Crippen molar-refractivity contribution >= 4 is 23.4 Å². The normalized spacial score (nSPS) is 30.7. The van der Waals surface area contributed by atoms with Crippen molar-refractivity contribution in [2.75, 3.05) is 6.54 Å². The highest BCUT2D eigenvalue weighted by Gasteiger charge is 2.32. The van der Waals surface area contributed by atoms with Crippen molar-refractivity contribution < 1.29 is 0 Å². The molecule has 82 valence electrons. The summed E-state index contributed by atoms with van der Waals surface area (Å²) in [6.07, 6.45) is 1.05. The van der Waals surface area contributed by atoms with Crippen molar-refractivity contribution in [2.45, 2.75) is 30.4 Å². The van der Waals surface area contributed by atoms with E-state index < -0.39 is 0 Å². The van der Waals surface area contributed by atoms with Gasteiger partial charge >= 0.3 is 0 Å². The van der Waals surface area contributed by atoms with Crippen LogP contribution in [0.2, 0.25) is 5.02 Å². The molecule has 1 N–H and O–H groups in total. The van der Waals surface area contributed by atoms with Crippen LogP contribution < -0.4 is 5.32 Å². The molecular formula is C12H16ClNS. The maximum atomic E-state index is 5.87. The first-order chi connectivity index (χ1) is 7.07. The van der Waals surface area contributed by atoms with Crippen LogP contribution in [0.5, 0.6) is 0 Å². The van der Waals surface area contributed by atoms with Crippen molar-refractivity contribution in [2.24, 2.45) is 0 Å². The van der Waals surface area contributed by atoms with Gasteiger partial charge in [-0.3, -0.25) is 0 Å². The molecular weight excluding hydrogens is 226 g/mol. The summed E-state index contributed by atoms with van der Waals surface area (Å²) < 4.78 is 0. The number of nitrogens with one attached hydrogen (secondary N) is 1. The predicted octanol–water partition coefficient (Wildman–Crippen LogP) is 3.32. The molecule has 15 heavy (non-hydrogen) atoms. The molecule has 2 unspecified atom stereocenters. The van der Waals surface area contributed by atoms with Gasteiger partial charge < -0.3 is 5.32 Å². The largest absolute Gasteiger partial charge is 0.302 e. The lowest BCUT2D eigenvalue weighted by atomic mass is 10.1. The summed E-state index contributed by atoms with van der Waals surface area (Å²) in [5.74, 6) is 0. The third-order valence-corrected chi connectivity index (χ3v) is 4.31. The second-order valence-corrected chi connectivity index (χ2v) is 6.72. The smallest absolute Gasteiger partial charge is 0.0660 e. The second kappa shape index (κ2) is 4.36. The Labute approximate surface area is 101 Å². The van der Waals surface area contributed by atoms with E-state index in [1.807, 2.05) is 23.9 Å². The van der Waals surface area contributed by atoms with Crippen molar-refractivity contribution in [3.63, 3.8) is 0 Å². The Bertz CT molecular complexity index is 338. The topological polar surface area (TPSA) is 12.0 Å². The number of hydrogen-bond acceptors (Lipinski definition) is 2. The number of halogens is 1. The Morgan fingerprint density at radius 3 is 2.67 bits per heavy atom. The minimum Gasteiger partial charge on any atom is -0.302 e. The quantitative estimate of drug-likeness (QED) is 0.853. The first kappa shape index (κ1) is 11.3. The summed E-state index contributed by atoms with van der Waals surface area (Å²) in [5, 5.41) is 5.10. The van der Waals surface area contributed by atoms with Gasteiger partial charge in [-0.1, -0.05) is 30.7 Å². The van der Waals surface area contributed by atoms with E-state index in [1.165, 1.54) is 5.56 Å². The van der Waals surface area contributed by atoms with Crippen LogP contribution in [0.3, 0.4) is 0 Å². The lowest BCUT2D eigenvalue weighted by molar-refractivity contribution is 0.534. The molecule has 3 heteroatoms. The SMILES string of the molecule is CC1CNC(C)(Cc2ccc(Cl)cc2)S1. The highest BCUT2D eigenvalue weighted by atomic mass is 35.5. The summed E-state index contributed by atoms with van der Waals surface area (Å²) in [5.41, 5.74) is 1.34. The molecule has 0 saturated carbocycles. The monoisotopic (exact) mass is 241 g/mol. The zero-order valence-corrected chi connectivity index (χ0v) is 10.7. The van der Waals surface area contributed by atoms with E-state index in [2.05, 4.69) is 31.3 Å². The zero-order valence-electron chi connectivity index (χ0n) is 9.09. The fourth-order valence-corrected chi connectivity index (χ4v) is 3.58. The first-order valence-corrected chi connectivity index (χ1v) is 6.50. The van der Waals surface area contributed by atoms with Crippen LogP contribution in [-0.2, 0) is 6.42 Å². The van der Waals surface area contributed by atoms with Crippen LogP contribution in [0.1, 0.15) is 19.4 Å². The summed E-state index contributed by atoms with van der Waals surface area (Å²) in [6.45, 7) is 5.65.